The highest BCUT2D eigenvalue weighted by atomic mass is 35.5. The summed E-state index contributed by atoms with van der Waals surface area (Å²) < 4.78 is 0. The van der Waals surface area contributed by atoms with E-state index in [1.165, 1.54) is 6.08 Å². The van der Waals surface area contributed by atoms with E-state index in [1.54, 1.807) is 11.2 Å². The summed E-state index contributed by atoms with van der Waals surface area (Å²) in [5, 5.41) is 11.2. The lowest BCUT2D eigenvalue weighted by Gasteiger charge is -2.35. The number of hydrogen-bond donors (Lipinski definition) is 0. The lowest BCUT2D eigenvalue weighted by atomic mass is 9.89. The van der Waals surface area contributed by atoms with Crippen LogP contribution in [0.25, 0.3) is 22.0 Å². The first-order valence-electron chi connectivity index (χ1n) is 10.7. The fraction of sp³-hybridized carbons (Fsp3) is 0.280. The summed E-state index contributed by atoms with van der Waals surface area (Å²) in [6.45, 7) is 6.16. The van der Waals surface area contributed by atoms with Gasteiger partial charge in [-0.2, -0.15) is 5.26 Å². The van der Waals surface area contributed by atoms with Crippen molar-refractivity contribution in [1.82, 2.24) is 14.9 Å². The van der Waals surface area contributed by atoms with Gasteiger partial charge in [-0.05, 0) is 42.2 Å². The zero-order valence-electron chi connectivity index (χ0n) is 17.6. The molecule has 1 aliphatic heterocycles. The van der Waals surface area contributed by atoms with Gasteiger partial charge in [-0.3, -0.25) is 4.79 Å². The van der Waals surface area contributed by atoms with Crippen LogP contribution in [0.2, 0.25) is 5.02 Å². The Hall–Kier alpha value is -3.43. The highest BCUT2D eigenvalue weighted by Gasteiger charge is 2.46. The van der Waals surface area contributed by atoms with Gasteiger partial charge in [0.15, 0.2) is 0 Å². The molecule has 1 amide bonds. The number of amides is 1. The van der Waals surface area contributed by atoms with Crippen molar-refractivity contribution < 1.29 is 4.79 Å². The molecule has 0 N–H and O–H groups in total. The number of carbonyl (C=O) groups is 1. The molecular formula is C25H22ClN5O. The van der Waals surface area contributed by atoms with Crippen molar-refractivity contribution in [1.29, 1.82) is 5.26 Å². The van der Waals surface area contributed by atoms with Gasteiger partial charge in [-0.15, -0.1) is 0 Å². The molecule has 0 spiro atoms. The topological polar surface area (TPSA) is 73.1 Å². The average molecular weight is 444 g/mol. The minimum atomic E-state index is -0.408. The number of rotatable bonds is 4. The van der Waals surface area contributed by atoms with Crippen LogP contribution < -0.4 is 4.90 Å². The molecule has 2 fully saturated rings. The number of nitriles is 1. The maximum Gasteiger partial charge on any atom is 0.246 e. The highest BCUT2D eigenvalue weighted by Crippen LogP contribution is 2.51. The van der Waals surface area contributed by atoms with Crippen molar-refractivity contribution in [3.63, 3.8) is 0 Å². The van der Waals surface area contributed by atoms with Crippen LogP contribution in [-0.2, 0) is 10.2 Å². The van der Waals surface area contributed by atoms with Crippen LogP contribution in [0, 0.1) is 11.3 Å². The second kappa shape index (κ2) is 7.92. The summed E-state index contributed by atoms with van der Waals surface area (Å²) in [6.07, 6.45) is 4.67. The Balaban J connectivity index is 1.53. The largest absolute Gasteiger partial charge is 0.352 e. The van der Waals surface area contributed by atoms with Gasteiger partial charge in [0, 0.05) is 42.2 Å². The lowest BCUT2D eigenvalue weighted by Crippen LogP contribution is -2.48. The van der Waals surface area contributed by atoms with Gasteiger partial charge in [0.25, 0.3) is 0 Å². The lowest BCUT2D eigenvalue weighted by molar-refractivity contribution is -0.126. The third-order valence-electron chi connectivity index (χ3n) is 6.47. The second-order valence-electron chi connectivity index (χ2n) is 8.30. The first kappa shape index (κ1) is 20.5. The number of anilines is 1. The molecule has 5 rings (SSSR count). The number of benzene rings is 2. The molecule has 0 radical (unpaired) electrons. The first-order valence-corrected chi connectivity index (χ1v) is 11.1. The van der Waals surface area contributed by atoms with E-state index >= 15 is 0 Å². The summed E-state index contributed by atoms with van der Waals surface area (Å²) in [5.41, 5.74) is 3.28. The molecule has 1 saturated heterocycles. The SMILES string of the molecule is C=CC(=O)N1CCN(c2ncnc3cc(-c4ccccc4C4(C#N)CC4)c(Cl)cc23)CC1. The number of piperazine rings is 1. The Kier molecular flexibility index (Phi) is 5.07. The maximum absolute atomic E-state index is 11.9. The minimum absolute atomic E-state index is 0.0469. The van der Waals surface area contributed by atoms with Crippen LogP contribution in [0.15, 0.2) is 55.4 Å². The number of nitrogens with zero attached hydrogens (tertiary/aromatic N) is 5. The van der Waals surface area contributed by atoms with Crippen LogP contribution in [0.3, 0.4) is 0 Å². The molecule has 2 aromatic carbocycles. The van der Waals surface area contributed by atoms with E-state index in [0.717, 1.165) is 46.3 Å². The summed E-state index contributed by atoms with van der Waals surface area (Å²) in [4.78, 5) is 24.9. The molecule has 3 aromatic rings. The average Bonchev–Trinajstić information content (AvgIpc) is 3.64. The van der Waals surface area contributed by atoms with Gasteiger partial charge in [0.2, 0.25) is 5.91 Å². The molecule has 7 heteroatoms. The molecule has 0 bridgehead atoms. The number of halogens is 1. The smallest absolute Gasteiger partial charge is 0.246 e. The fourth-order valence-electron chi connectivity index (χ4n) is 4.49. The summed E-state index contributed by atoms with van der Waals surface area (Å²) >= 11 is 6.80. The molecule has 0 atom stereocenters. The van der Waals surface area contributed by atoms with Crippen molar-refractivity contribution in [2.75, 3.05) is 31.1 Å². The number of hydrogen-bond acceptors (Lipinski definition) is 5. The van der Waals surface area contributed by atoms with Crippen LogP contribution in [0.1, 0.15) is 18.4 Å². The van der Waals surface area contributed by atoms with Gasteiger partial charge in [-0.1, -0.05) is 42.4 Å². The summed E-state index contributed by atoms with van der Waals surface area (Å²) in [6, 6.07) is 14.4. The van der Waals surface area contributed by atoms with Gasteiger partial charge in [0.05, 0.1) is 17.0 Å². The third-order valence-corrected chi connectivity index (χ3v) is 6.78. The normalized spacial score (nSPS) is 17.1. The van der Waals surface area contributed by atoms with E-state index in [9.17, 15) is 10.1 Å². The fourth-order valence-corrected chi connectivity index (χ4v) is 4.76. The van der Waals surface area contributed by atoms with Gasteiger partial charge >= 0.3 is 0 Å². The number of fused-ring (bicyclic) bond motifs is 1. The Morgan fingerprint density at radius 1 is 1.12 bits per heavy atom. The highest BCUT2D eigenvalue weighted by molar-refractivity contribution is 6.34. The second-order valence-corrected chi connectivity index (χ2v) is 8.71. The monoisotopic (exact) mass is 443 g/mol. The van der Waals surface area contributed by atoms with E-state index in [2.05, 4.69) is 27.5 Å². The first-order chi connectivity index (χ1) is 15.6. The molecule has 160 valence electrons. The van der Waals surface area contributed by atoms with E-state index in [1.807, 2.05) is 36.4 Å². The number of aromatic nitrogens is 2. The molecule has 2 aliphatic rings. The predicted molar refractivity (Wildman–Crippen MR) is 125 cm³/mol. The molecule has 1 aromatic heterocycles. The predicted octanol–water partition coefficient (Wildman–Crippen LogP) is 4.34. The molecule has 1 aliphatic carbocycles. The van der Waals surface area contributed by atoms with Crippen molar-refractivity contribution in [2.45, 2.75) is 18.3 Å². The van der Waals surface area contributed by atoms with Gasteiger partial charge in [-0.25, -0.2) is 9.97 Å². The van der Waals surface area contributed by atoms with Crippen molar-refractivity contribution in [3.8, 4) is 17.2 Å². The Bertz CT molecular complexity index is 1270. The summed E-state index contributed by atoms with van der Waals surface area (Å²) in [5.74, 6) is 0.771. The van der Waals surface area contributed by atoms with Crippen molar-refractivity contribution >= 4 is 34.2 Å². The van der Waals surface area contributed by atoms with E-state index in [4.69, 9.17) is 11.6 Å². The Labute approximate surface area is 191 Å². The van der Waals surface area contributed by atoms with E-state index < -0.39 is 5.41 Å². The van der Waals surface area contributed by atoms with E-state index in [0.29, 0.717) is 31.2 Å². The molecule has 6 nitrogen and oxygen atoms in total. The molecule has 2 heterocycles. The van der Waals surface area contributed by atoms with Crippen molar-refractivity contribution in [3.05, 3.63) is 66.0 Å². The van der Waals surface area contributed by atoms with Crippen molar-refractivity contribution in [2.24, 2.45) is 0 Å². The van der Waals surface area contributed by atoms with Gasteiger partial charge in [0.1, 0.15) is 12.1 Å². The number of carbonyl (C=O) groups excluding carboxylic acids is 1. The summed E-state index contributed by atoms with van der Waals surface area (Å²) in [7, 11) is 0. The van der Waals surface area contributed by atoms with Crippen LogP contribution in [-0.4, -0.2) is 47.0 Å². The Morgan fingerprint density at radius 3 is 2.56 bits per heavy atom. The molecule has 32 heavy (non-hydrogen) atoms. The van der Waals surface area contributed by atoms with Crippen LogP contribution in [0.4, 0.5) is 5.82 Å². The maximum atomic E-state index is 11.9. The van der Waals surface area contributed by atoms with Gasteiger partial charge < -0.3 is 9.80 Å². The molecule has 0 unspecified atom stereocenters. The Morgan fingerprint density at radius 2 is 1.88 bits per heavy atom. The zero-order chi connectivity index (χ0) is 22.3. The molecular weight excluding hydrogens is 422 g/mol. The van der Waals surface area contributed by atoms with E-state index in [-0.39, 0.29) is 5.91 Å². The quantitative estimate of drug-likeness (QED) is 0.561. The minimum Gasteiger partial charge on any atom is -0.352 e. The van der Waals surface area contributed by atoms with Crippen LogP contribution in [0.5, 0.6) is 0 Å². The third kappa shape index (κ3) is 3.39. The standard InChI is InChI=1S/C25H22ClN5O/c1-2-23(32)30-9-11-31(12-10-30)24-19-13-21(26)18(14-22(19)28-16-29-24)17-5-3-4-6-20(17)25(15-27)7-8-25/h2-6,13-14,16H,1,7-12H2. The zero-order valence-corrected chi connectivity index (χ0v) is 18.3. The molecule has 1 saturated carbocycles. The van der Waals surface area contributed by atoms with Crippen LogP contribution >= 0.6 is 11.6 Å².